The van der Waals surface area contributed by atoms with Gasteiger partial charge in [0, 0.05) is 25.2 Å². The molecule has 1 aromatic heterocycles. The average molecular weight is 290 g/mol. The molecule has 0 spiro atoms. The molecule has 3 rings (SSSR count). The molecule has 1 amide bonds. The number of likely N-dealkylation sites (tertiary alicyclic amines) is 2. The van der Waals surface area contributed by atoms with Crippen molar-refractivity contribution in [1.29, 1.82) is 0 Å². The highest BCUT2D eigenvalue weighted by Crippen LogP contribution is 2.30. The number of hydrogen-bond donors (Lipinski definition) is 0. The molecule has 3 heterocycles. The Labute approximate surface area is 126 Å². The van der Waals surface area contributed by atoms with Gasteiger partial charge in [-0.3, -0.25) is 9.48 Å². The molecule has 2 aliphatic rings. The molecule has 0 unspecified atom stereocenters. The first kappa shape index (κ1) is 14.6. The fourth-order valence-electron chi connectivity index (χ4n) is 3.97. The first-order valence-corrected chi connectivity index (χ1v) is 8.17. The molecule has 5 heteroatoms. The Hall–Kier alpha value is -1.36. The highest BCUT2D eigenvalue weighted by molar-refractivity contribution is 5.93. The summed E-state index contributed by atoms with van der Waals surface area (Å²) in [6.07, 6.45) is 4.74. The minimum atomic E-state index is 0.167. The zero-order valence-electron chi connectivity index (χ0n) is 13.4. The topological polar surface area (TPSA) is 41.4 Å². The number of carbonyl (C=O) groups excluding carboxylic acids is 1. The summed E-state index contributed by atoms with van der Waals surface area (Å²) < 4.78 is 1.84. The zero-order chi connectivity index (χ0) is 15.0. The van der Waals surface area contributed by atoms with Gasteiger partial charge in [0.15, 0.2) is 0 Å². The highest BCUT2D eigenvalue weighted by atomic mass is 16.2. The average Bonchev–Trinajstić information content (AvgIpc) is 3.16. The number of carbonyl (C=O) groups is 1. The van der Waals surface area contributed by atoms with E-state index in [9.17, 15) is 4.79 Å². The largest absolute Gasteiger partial charge is 0.333 e. The predicted octanol–water partition coefficient (Wildman–Crippen LogP) is 1.91. The summed E-state index contributed by atoms with van der Waals surface area (Å²) in [5.74, 6) is 0.167. The zero-order valence-corrected chi connectivity index (χ0v) is 13.4. The number of nitrogens with zero attached hydrogens (tertiary/aromatic N) is 4. The second-order valence-electron chi connectivity index (χ2n) is 6.39. The second kappa shape index (κ2) is 5.79. The van der Waals surface area contributed by atoms with E-state index >= 15 is 0 Å². The smallest absolute Gasteiger partial charge is 0.272 e. The summed E-state index contributed by atoms with van der Waals surface area (Å²) in [7, 11) is 2.19. The van der Waals surface area contributed by atoms with Gasteiger partial charge in [-0.25, -0.2) is 0 Å². The van der Waals surface area contributed by atoms with Crippen LogP contribution in [0, 0.1) is 6.92 Å². The molecule has 2 saturated heterocycles. The van der Waals surface area contributed by atoms with E-state index in [0.717, 1.165) is 43.9 Å². The van der Waals surface area contributed by atoms with E-state index in [4.69, 9.17) is 0 Å². The maximum absolute atomic E-state index is 13.0. The first-order valence-electron chi connectivity index (χ1n) is 8.17. The van der Waals surface area contributed by atoms with Crippen molar-refractivity contribution in [2.45, 2.75) is 58.2 Å². The van der Waals surface area contributed by atoms with Gasteiger partial charge in [0.1, 0.15) is 5.69 Å². The third-order valence-corrected chi connectivity index (χ3v) is 5.00. The fourth-order valence-corrected chi connectivity index (χ4v) is 3.97. The molecule has 2 aliphatic heterocycles. The van der Waals surface area contributed by atoms with Crippen molar-refractivity contribution in [3.8, 4) is 0 Å². The van der Waals surface area contributed by atoms with E-state index < -0.39 is 0 Å². The van der Waals surface area contributed by atoms with Gasteiger partial charge in [-0.15, -0.1) is 0 Å². The Kier molecular flexibility index (Phi) is 4.02. The molecule has 2 atom stereocenters. The molecule has 2 fully saturated rings. The maximum Gasteiger partial charge on any atom is 0.272 e. The van der Waals surface area contributed by atoms with Gasteiger partial charge in [0.2, 0.25) is 0 Å². The summed E-state index contributed by atoms with van der Waals surface area (Å²) in [6.45, 7) is 6.79. The van der Waals surface area contributed by atoms with Gasteiger partial charge < -0.3 is 9.80 Å². The Bertz CT molecular complexity index is 524. The summed E-state index contributed by atoms with van der Waals surface area (Å²) >= 11 is 0. The molecular formula is C16H26N4O. The van der Waals surface area contributed by atoms with Crippen molar-refractivity contribution < 1.29 is 4.79 Å². The molecule has 1 aromatic rings. The van der Waals surface area contributed by atoms with Crippen LogP contribution in [0.1, 0.15) is 48.8 Å². The van der Waals surface area contributed by atoms with Crippen molar-refractivity contribution in [2.24, 2.45) is 0 Å². The molecule has 5 nitrogen and oxygen atoms in total. The van der Waals surface area contributed by atoms with Crippen LogP contribution < -0.4 is 0 Å². The standard InChI is InChI=1S/C16H26N4O/c1-4-20-15(11-12(2)17-20)16(21)19-10-6-8-14(19)13-7-5-9-18(13)3/h11,13-14H,4-10H2,1-3H3/t13-,14-/m1/s1. The monoisotopic (exact) mass is 290 g/mol. The van der Waals surface area contributed by atoms with Gasteiger partial charge in [0.05, 0.1) is 5.69 Å². The Morgan fingerprint density at radius 3 is 2.67 bits per heavy atom. The predicted molar refractivity (Wildman–Crippen MR) is 82.3 cm³/mol. The van der Waals surface area contributed by atoms with Gasteiger partial charge in [-0.2, -0.15) is 5.10 Å². The molecular weight excluding hydrogens is 264 g/mol. The van der Waals surface area contributed by atoms with E-state index in [1.54, 1.807) is 0 Å². The van der Waals surface area contributed by atoms with E-state index in [1.807, 2.05) is 24.6 Å². The van der Waals surface area contributed by atoms with Crippen molar-refractivity contribution in [2.75, 3.05) is 20.1 Å². The molecule has 0 saturated carbocycles. The molecule has 21 heavy (non-hydrogen) atoms. The SMILES string of the molecule is CCn1nc(C)cc1C(=O)N1CCC[C@@H]1[C@H]1CCCN1C. The molecule has 0 aliphatic carbocycles. The van der Waals surface area contributed by atoms with Gasteiger partial charge >= 0.3 is 0 Å². The summed E-state index contributed by atoms with van der Waals surface area (Å²) in [5.41, 5.74) is 1.68. The van der Waals surface area contributed by atoms with Crippen LogP contribution in [-0.4, -0.2) is 57.7 Å². The van der Waals surface area contributed by atoms with Gasteiger partial charge in [0.25, 0.3) is 5.91 Å². The lowest BCUT2D eigenvalue weighted by atomic mass is 10.0. The number of amides is 1. The number of aryl methyl sites for hydroxylation is 2. The number of aromatic nitrogens is 2. The number of hydrogen-bond acceptors (Lipinski definition) is 3. The van der Waals surface area contributed by atoms with E-state index in [2.05, 4.69) is 21.9 Å². The fraction of sp³-hybridized carbons (Fsp3) is 0.750. The van der Waals surface area contributed by atoms with Crippen LogP contribution in [0.3, 0.4) is 0 Å². The summed E-state index contributed by atoms with van der Waals surface area (Å²) in [4.78, 5) is 17.5. The summed E-state index contributed by atoms with van der Waals surface area (Å²) in [6, 6.07) is 2.85. The van der Waals surface area contributed by atoms with E-state index in [1.165, 1.54) is 12.8 Å². The Balaban J connectivity index is 1.82. The van der Waals surface area contributed by atoms with Crippen molar-refractivity contribution >= 4 is 5.91 Å². The van der Waals surface area contributed by atoms with Crippen LogP contribution >= 0.6 is 0 Å². The van der Waals surface area contributed by atoms with Crippen LogP contribution in [0.4, 0.5) is 0 Å². The lowest BCUT2D eigenvalue weighted by Crippen LogP contribution is -2.47. The highest BCUT2D eigenvalue weighted by Gasteiger charge is 2.39. The lowest BCUT2D eigenvalue weighted by molar-refractivity contribution is 0.0652. The van der Waals surface area contributed by atoms with Crippen LogP contribution in [-0.2, 0) is 6.54 Å². The number of rotatable bonds is 3. The van der Waals surface area contributed by atoms with Gasteiger partial charge in [-0.1, -0.05) is 0 Å². The van der Waals surface area contributed by atoms with Crippen molar-refractivity contribution in [3.63, 3.8) is 0 Å². The van der Waals surface area contributed by atoms with Crippen LogP contribution in [0.2, 0.25) is 0 Å². The molecule has 0 radical (unpaired) electrons. The molecule has 0 bridgehead atoms. The quantitative estimate of drug-likeness (QED) is 0.854. The van der Waals surface area contributed by atoms with Crippen molar-refractivity contribution in [1.82, 2.24) is 19.6 Å². The van der Waals surface area contributed by atoms with E-state index in [0.29, 0.717) is 12.1 Å². The molecule has 0 aromatic carbocycles. The van der Waals surface area contributed by atoms with Crippen LogP contribution in [0.25, 0.3) is 0 Å². The minimum Gasteiger partial charge on any atom is -0.333 e. The van der Waals surface area contributed by atoms with Gasteiger partial charge in [-0.05, 0) is 59.2 Å². The Morgan fingerprint density at radius 2 is 2.00 bits per heavy atom. The van der Waals surface area contributed by atoms with Crippen molar-refractivity contribution in [3.05, 3.63) is 17.5 Å². The number of likely N-dealkylation sites (N-methyl/N-ethyl adjacent to an activating group) is 1. The maximum atomic E-state index is 13.0. The molecule has 0 N–H and O–H groups in total. The normalized spacial score (nSPS) is 26.7. The first-order chi connectivity index (χ1) is 10.1. The van der Waals surface area contributed by atoms with Crippen LogP contribution in [0.15, 0.2) is 6.07 Å². The second-order valence-corrected chi connectivity index (χ2v) is 6.39. The Morgan fingerprint density at radius 1 is 1.29 bits per heavy atom. The van der Waals surface area contributed by atoms with E-state index in [-0.39, 0.29) is 5.91 Å². The minimum absolute atomic E-state index is 0.167. The van der Waals surface area contributed by atoms with Crippen LogP contribution in [0.5, 0.6) is 0 Å². The third-order valence-electron chi connectivity index (χ3n) is 5.00. The lowest BCUT2D eigenvalue weighted by Gasteiger charge is -2.33. The summed E-state index contributed by atoms with van der Waals surface area (Å²) in [5, 5.41) is 4.42. The molecule has 116 valence electrons. The third kappa shape index (κ3) is 2.59.